The van der Waals surface area contributed by atoms with Crippen LogP contribution in [0.4, 0.5) is 5.69 Å². The highest BCUT2D eigenvalue weighted by Gasteiger charge is 2.11. The summed E-state index contributed by atoms with van der Waals surface area (Å²) in [5.41, 5.74) is 3.47. The molecule has 4 aromatic rings. The smallest absolute Gasteiger partial charge is 0.154 e. The lowest BCUT2D eigenvalue weighted by Gasteiger charge is -2.26. The van der Waals surface area contributed by atoms with E-state index in [9.17, 15) is 5.11 Å². The molecule has 1 aliphatic rings. The fourth-order valence-corrected chi connectivity index (χ4v) is 3.73. The number of pyridine rings is 1. The number of anilines is 1. The van der Waals surface area contributed by atoms with Crippen LogP contribution in [0.15, 0.2) is 67.3 Å². The highest BCUT2D eigenvalue weighted by atomic mass is 16.5. The van der Waals surface area contributed by atoms with Crippen molar-refractivity contribution >= 4 is 11.3 Å². The number of hydrogen-bond donors (Lipinski definition) is 2. The zero-order valence-corrected chi connectivity index (χ0v) is 19.2. The number of imidazole rings is 1. The Labute approximate surface area is 203 Å². The molecule has 3 aromatic heterocycles. The van der Waals surface area contributed by atoms with E-state index in [1.54, 1.807) is 35.4 Å². The third-order valence-corrected chi connectivity index (χ3v) is 5.63. The van der Waals surface area contributed by atoms with Gasteiger partial charge in [0.05, 0.1) is 19.4 Å². The minimum Gasteiger partial charge on any atom is -0.492 e. The molecule has 9 heteroatoms. The Morgan fingerprint density at radius 3 is 2.80 bits per heavy atom. The van der Waals surface area contributed by atoms with Crippen molar-refractivity contribution in [2.24, 2.45) is 0 Å². The number of fused-ring (bicyclic) bond motifs is 1. The Balaban J connectivity index is 1.17. The summed E-state index contributed by atoms with van der Waals surface area (Å²) in [4.78, 5) is 10.8. The molecule has 0 spiro atoms. The van der Waals surface area contributed by atoms with E-state index in [1.165, 1.54) is 0 Å². The van der Waals surface area contributed by atoms with E-state index in [0.717, 1.165) is 49.9 Å². The standard InChI is InChI=1S/C26H26N6O3/c33-26(30-22-4-7-24(8-5-22)35-15-12-31-10-13-34-14-11-31)21-16-20(17-27-18-21)3-6-23-19-28-25-2-1-9-29-32(23)25/h1-2,4-5,7-9,16-19,26,30,33H,10-15H2. The number of morpholine rings is 1. The number of ether oxygens (including phenoxy) is 2. The zero-order valence-electron chi connectivity index (χ0n) is 19.2. The highest BCUT2D eigenvalue weighted by Crippen LogP contribution is 2.21. The van der Waals surface area contributed by atoms with E-state index >= 15 is 0 Å². The van der Waals surface area contributed by atoms with Crippen LogP contribution >= 0.6 is 0 Å². The van der Waals surface area contributed by atoms with Gasteiger partial charge in [0.1, 0.15) is 18.1 Å². The summed E-state index contributed by atoms with van der Waals surface area (Å²) < 4.78 is 12.9. The molecule has 0 radical (unpaired) electrons. The summed E-state index contributed by atoms with van der Waals surface area (Å²) in [5, 5.41) is 18.0. The van der Waals surface area contributed by atoms with Crippen LogP contribution in [0.25, 0.3) is 5.65 Å². The first-order chi connectivity index (χ1) is 17.2. The fraction of sp³-hybridized carbons (Fsp3) is 0.269. The summed E-state index contributed by atoms with van der Waals surface area (Å²) in [6.45, 7) is 4.97. The second-order valence-electron chi connectivity index (χ2n) is 8.07. The minimum atomic E-state index is -0.935. The van der Waals surface area contributed by atoms with Gasteiger partial charge in [-0.3, -0.25) is 9.88 Å². The summed E-state index contributed by atoms with van der Waals surface area (Å²) in [6, 6.07) is 13.0. The fourth-order valence-electron chi connectivity index (χ4n) is 3.73. The molecule has 35 heavy (non-hydrogen) atoms. The maximum Gasteiger partial charge on any atom is 0.154 e. The first-order valence-electron chi connectivity index (χ1n) is 11.5. The quantitative estimate of drug-likeness (QED) is 0.314. The van der Waals surface area contributed by atoms with Gasteiger partial charge >= 0.3 is 0 Å². The van der Waals surface area contributed by atoms with E-state index in [1.807, 2.05) is 36.4 Å². The minimum absolute atomic E-state index is 0.610. The summed E-state index contributed by atoms with van der Waals surface area (Å²) in [6.07, 6.45) is 5.70. The van der Waals surface area contributed by atoms with Crippen molar-refractivity contribution in [3.63, 3.8) is 0 Å². The average molecular weight is 471 g/mol. The van der Waals surface area contributed by atoms with Crippen LogP contribution in [0.3, 0.4) is 0 Å². The second kappa shape index (κ2) is 11.0. The van der Waals surface area contributed by atoms with Gasteiger partial charge in [0, 0.05) is 55.0 Å². The lowest BCUT2D eigenvalue weighted by atomic mass is 10.1. The number of aliphatic hydroxyl groups is 1. The highest BCUT2D eigenvalue weighted by molar-refractivity contribution is 5.49. The molecule has 1 saturated heterocycles. The predicted molar refractivity (Wildman–Crippen MR) is 131 cm³/mol. The summed E-state index contributed by atoms with van der Waals surface area (Å²) in [7, 11) is 0. The Bertz CT molecular complexity index is 1320. The number of hydrogen-bond acceptors (Lipinski definition) is 8. The van der Waals surface area contributed by atoms with E-state index in [4.69, 9.17) is 9.47 Å². The number of nitrogens with one attached hydrogen (secondary N) is 1. The van der Waals surface area contributed by atoms with E-state index in [0.29, 0.717) is 23.4 Å². The van der Waals surface area contributed by atoms with E-state index < -0.39 is 6.23 Å². The van der Waals surface area contributed by atoms with Gasteiger partial charge in [0.15, 0.2) is 11.9 Å². The molecule has 9 nitrogen and oxygen atoms in total. The van der Waals surface area contributed by atoms with Gasteiger partial charge in [-0.05, 0) is 48.4 Å². The SMILES string of the molecule is OC(Nc1ccc(OCCN2CCOCC2)cc1)c1cncc(C#Cc2cnc3cccnn23)c1. The predicted octanol–water partition coefficient (Wildman–Crippen LogP) is 2.34. The Hall–Kier alpha value is -3.97. The third-order valence-electron chi connectivity index (χ3n) is 5.63. The van der Waals surface area contributed by atoms with Crippen LogP contribution in [-0.2, 0) is 4.74 Å². The molecule has 1 aliphatic heterocycles. The van der Waals surface area contributed by atoms with Crippen LogP contribution in [0.2, 0.25) is 0 Å². The van der Waals surface area contributed by atoms with Gasteiger partial charge in [-0.15, -0.1) is 0 Å². The number of aromatic nitrogens is 4. The average Bonchev–Trinajstić information content (AvgIpc) is 3.32. The zero-order chi connectivity index (χ0) is 23.9. The van der Waals surface area contributed by atoms with Gasteiger partial charge in [-0.2, -0.15) is 5.10 Å². The number of benzene rings is 1. The van der Waals surface area contributed by atoms with Gasteiger partial charge in [-0.1, -0.05) is 5.92 Å². The molecule has 1 fully saturated rings. The Kier molecular flexibility index (Phi) is 7.15. The van der Waals surface area contributed by atoms with E-state index in [-0.39, 0.29) is 0 Å². The lowest BCUT2D eigenvalue weighted by molar-refractivity contribution is 0.0322. The molecule has 0 aliphatic carbocycles. The molecule has 1 atom stereocenters. The van der Waals surface area contributed by atoms with Crippen LogP contribution in [0, 0.1) is 11.8 Å². The van der Waals surface area contributed by atoms with Crippen molar-refractivity contribution in [2.45, 2.75) is 6.23 Å². The number of nitrogens with zero attached hydrogens (tertiary/aromatic N) is 5. The molecule has 2 N–H and O–H groups in total. The number of rotatable bonds is 7. The molecular weight excluding hydrogens is 444 g/mol. The topological polar surface area (TPSA) is 97.0 Å². The van der Waals surface area contributed by atoms with Crippen LogP contribution in [0.5, 0.6) is 5.75 Å². The second-order valence-corrected chi connectivity index (χ2v) is 8.07. The van der Waals surface area contributed by atoms with E-state index in [2.05, 4.69) is 37.1 Å². The lowest BCUT2D eigenvalue weighted by Crippen LogP contribution is -2.38. The Morgan fingerprint density at radius 1 is 1.09 bits per heavy atom. The van der Waals surface area contributed by atoms with Gasteiger partial charge in [0.25, 0.3) is 0 Å². The third kappa shape index (κ3) is 5.94. The normalized spacial score (nSPS) is 14.8. The molecule has 178 valence electrons. The van der Waals surface area contributed by atoms with Gasteiger partial charge in [-0.25, -0.2) is 9.50 Å². The van der Waals surface area contributed by atoms with Gasteiger partial charge < -0.3 is 19.9 Å². The maximum absolute atomic E-state index is 10.7. The van der Waals surface area contributed by atoms with Crippen molar-refractivity contribution in [3.05, 3.63) is 84.1 Å². The molecule has 5 rings (SSSR count). The Morgan fingerprint density at radius 2 is 1.94 bits per heavy atom. The largest absolute Gasteiger partial charge is 0.492 e. The van der Waals surface area contributed by atoms with Crippen LogP contribution < -0.4 is 10.1 Å². The van der Waals surface area contributed by atoms with Crippen molar-refractivity contribution in [1.82, 2.24) is 24.5 Å². The van der Waals surface area contributed by atoms with Crippen molar-refractivity contribution in [2.75, 3.05) is 44.8 Å². The van der Waals surface area contributed by atoms with Crippen molar-refractivity contribution in [3.8, 4) is 17.6 Å². The molecule has 1 unspecified atom stereocenters. The molecular formula is C26H26N6O3. The van der Waals surface area contributed by atoms with Crippen LogP contribution in [-0.4, -0.2) is 69.0 Å². The maximum atomic E-state index is 10.7. The molecule has 1 aromatic carbocycles. The summed E-state index contributed by atoms with van der Waals surface area (Å²) >= 11 is 0. The van der Waals surface area contributed by atoms with Crippen molar-refractivity contribution < 1.29 is 14.6 Å². The monoisotopic (exact) mass is 470 g/mol. The number of aliphatic hydroxyl groups excluding tert-OH is 1. The summed E-state index contributed by atoms with van der Waals surface area (Å²) in [5.74, 6) is 6.93. The molecule has 0 amide bonds. The van der Waals surface area contributed by atoms with Crippen LogP contribution in [0.1, 0.15) is 23.0 Å². The van der Waals surface area contributed by atoms with Crippen molar-refractivity contribution in [1.29, 1.82) is 0 Å². The van der Waals surface area contributed by atoms with Gasteiger partial charge in [0.2, 0.25) is 0 Å². The first kappa shape index (κ1) is 22.8. The molecule has 0 bridgehead atoms. The molecule has 4 heterocycles. The molecule has 0 saturated carbocycles. The first-order valence-corrected chi connectivity index (χ1v) is 11.5.